The Morgan fingerprint density at radius 3 is 2.35 bits per heavy atom. The molecule has 0 aliphatic rings. The first-order valence-corrected chi connectivity index (χ1v) is 5.42. The molecular formula is C12H17NO4. The standard InChI is InChI=1S/C12H17NO4/c1-7(2)13(6-11(14)15)12(16)10-5-8(3)17-9(10)4/h5,7H,6H2,1-4H3,(H,14,15). The Balaban J connectivity index is 2.99. The van der Waals surface area contributed by atoms with Crippen LogP contribution in [0.15, 0.2) is 10.5 Å². The number of hydrogen-bond acceptors (Lipinski definition) is 3. The zero-order valence-corrected chi connectivity index (χ0v) is 10.5. The molecule has 1 rings (SSSR count). The van der Waals surface area contributed by atoms with E-state index in [0.717, 1.165) is 0 Å². The lowest BCUT2D eigenvalue weighted by atomic mass is 10.2. The number of carboxylic acids is 1. The van der Waals surface area contributed by atoms with Gasteiger partial charge in [-0.2, -0.15) is 0 Å². The normalized spacial score (nSPS) is 10.6. The summed E-state index contributed by atoms with van der Waals surface area (Å²) < 4.78 is 5.28. The SMILES string of the molecule is Cc1cc(C(=O)N(CC(=O)O)C(C)C)c(C)o1. The minimum absolute atomic E-state index is 0.173. The third kappa shape index (κ3) is 3.09. The van der Waals surface area contributed by atoms with Gasteiger partial charge in [0, 0.05) is 6.04 Å². The first-order valence-electron chi connectivity index (χ1n) is 5.42. The summed E-state index contributed by atoms with van der Waals surface area (Å²) in [4.78, 5) is 24.2. The second-order valence-electron chi connectivity index (χ2n) is 4.25. The van der Waals surface area contributed by atoms with Gasteiger partial charge in [0.1, 0.15) is 18.1 Å². The molecule has 0 atom stereocenters. The van der Waals surface area contributed by atoms with Crippen LogP contribution in [0.1, 0.15) is 35.7 Å². The number of aryl methyl sites for hydroxylation is 2. The highest BCUT2D eigenvalue weighted by Crippen LogP contribution is 2.17. The zero-order chi connectivity index (χ0) is 13.2. The summed E-state index contributed by atoms with van der Waals surface area (Å²) in [6.07, 6.45) is 0. The van der Waals surface area contributed by atoms with E-state index in [0.29, 0.717) is 17.1 Å². The van der Waals surface area contributed by atoms with Gasteiger partial charge in [0.05, 0.1) is 5.56 Å². The second-order valence-corrected chi connectivity index (χ2v) is 4.25. The average molecular weight is 239 g/mol. The number of carbonyl (C=O) groups is 2. The van der Waals surface area contributed by atoms with Crippen LogP contribution < -0.4 is 0 Å². The molecule has 5 nitrogen and oxygen atoms in total. The zero-order valence-electron chi connectivity index (χ0n) is 10.5. The maximum atomic E-state index is 12.2. The molecule has 0 aromatic carbocycles. The maximum Gasteiger partial charge on any atom is 0.323 e. The van der Waals surface area contributed by atoms with Crippen molar-refractivity contribution in [3.8, 4) is 0 Å². The topological polar surface area (TPSA) is 70.8 Å². The molecule has 17 heavy (non-hydrogen) atoms. The molecule has 0 saturated heterocycles. The van der Waals surface area contributed by atoms with Crippen LogP contribution in [0.25, 0.3) is 0 Å². The highest BCUT2D eigenvalue weighted by atomic mass is 16.4. The molecule has 1 aromatic heterocycles. The van der Waals surface area contributed by atoms with Crippen LogP contribution in [0.2, 0.25) is 0 Å². The minimum Gasteiger partial charge on any atom is -0.480 e. The fraction of sp³-hybridized carbons (Fsp3) is 0.500. The van der Waals surface area contributed by atoms with Gasteiger partial charge in [-0.05, 0) is 33.8 Å². The van der Waals surface area contributed by atoms with Crippen LogP contribution in [-0.4, -0.2) is 34.5 Å². The van der Waals surface area contributed by atoms with Crippen LogP contribution in [0.4, 0.5) is 0 Å². The van der Waals surface area contributed by atoms with E-state index >= 15 is 0 Å². The van der Waals surface area contributed by atoms with Crippen molar-refractivity contribution in [2.75, 3.05) is 6.54 Å². The van der Waals surface area contributed by atoms with E-state index in [1.807, 2.05) is 0 Å². The van der Waals surface area contributed by atoms with E-state index in [2.05, 4.69) is 0 Å². The van der Waals surface area contributed by atoms with Gasteiger partial charge in [0.15, 0.2) is 0 Å². The van der Waals surface area contributed by atoms with Crippen LogP contribution in [0, 0.1) is 13.8 Å². The summed E-state index contributed by atoms with van der Waals surface area (Å²) in [5.41, 5.74) is 0.428. The predicted octanol–water partition coefficient (Wildman–Crippen LogP) is 1.83. The van der Waals surface area contributed by atoms with Gasteiger partial charge in [-0.15, -0.1) is 0 Å². The number of furan rings is 1. The molecule has 0 saturated carbocycles. The highest BCUT2D eigenvalue weighted by Gasteiger charge is 2.24. The molecule has 1 heterocycles. The van der Waals surface area contributed by atoms with Crippen LogP contribution >= 0.6 is 0 Å². The summed E-state index contributed by atoms with van der Waals surface area (Å²) in [6, 6.07) is 1.46. The lowest BCUT2D eigenvalue weighted by Gasteiger charge is -2.24. The molecule has 0 bridgehead atoms. The van der Waals surface area contributed by atoms with Gasteiger partial charge in [-0.25, -0.2) is 0 Å². The number of carboxylic acid groups (broad SMARTS) is 1. The number of rotatable bonds is 4. The highest BCUT2D eigenvalue weighted by molar-refractivity contribution is 5.97. The molecule has 5 heteroatoms. The number of carbonyl (C=O) groups excluding carboxylic acids is 1. The Morgan fingerprint density at radius 1 is 1.41 bits per heavy atom. The molecule has 0 aliphatic carbocycles. The number of hydrogen-bond donors (Lipinski definition) is 1. The molecule has 0 radical (unpaired) electrons. The fourth-order valence-corrected chi connectivity index (χ4v) is 1.63. The van der Waals surface area contributed by atoms with Gasteiger partial charge in [0.2, 0.25) is 0 Å². The smallest absolute Gasteiger partial charge is 0.323 e. The predicted molar refractivity (Wildman–Crippen MR) is 62.0 cm³/mol. The van der Waals surface area contributed by atoms with Gasteiger partial charge >= 0.3 is 5.97 Å². The summed E-state index contributed by atoms with van der Waals surface area (Å²) in [5.74, 6) is -0.171. The van der Waals surface area contributed by atoms with Crippen LogP contribution in [-0.2, 0) is 4.79 Å². The molecule has 1 amide bonds. The molecule has 94 valence electrons. The van der Waals surface area contributed by atoms with Crippen molar-refractivity contribution in [3.63, 3.8) is 0 Å². The summed E-state index contributed by atoms with van der Waals surface area (Å²) in [7, 11) is 0. The van der Waals surface area contributed by atoms with E-state index in [9.17, 15) is 9.59 Å². The third-order valence-electron chi connectivity index (χ3n) is 2.46. The quantitative estimate of drug-likeness (QED) is 0.870. The van der Waals surface area contributed by atoms with Crippen molar-refractivity contribution < 1.29 is 19.1 Å². The Kier molecular flexibility index (Phi) is 3.93. The van der Waals surface area contributed by atoms with Crippen molar-refractivity contribution in [2.24, 2.45) is 0 Å². The maximum absolute atomic E-state index is 12.2. The number of aliphatic carboxylic acids is 1. The lowest BCUT2D eigenvalue weighted by molar-refractivity contribution is -0.138. The van der Waals surface area contributed by atoms with E-state index in [1.165, 1.54) is 4.90 Å². The van der Waals surface area contributed by atoms with E-state index in [4.69, 9.17) is 9.52 Å². The van der Waals surface area contributed by atoms with Crippen LogP contribution in [0.5, 0.6) is 0 Å². The second kappa shape index (κ2) is 5.03. The first-order chi connectivity index (χ1) is 7.82. The summed E-state index contributed by atoms with van der Waals surface area (Å²) in [5, 5.41) is 8.79. The fourth-order valence-electron chi connectivity index (χ4n) is 1.63. The van der Waals surface area contributed by atoms with E-state index < -0.39 is 5.97 Å². The summed E-state index contributed by atoms with van der Waals surface area (Å²) >= 11 is 0. The molecule has 0 fully saturated rings. The van der Waals surface area contributed by atoms with Gasteiger partial charge < -0.3 is 14.4 Å². The monoisotopic (exact) mass is 239 g/mol. The summed E-state index contributed by atoms with van der Waals surface area (Å²) in [6.45, 7) is 6.70. The third-order valence-corrected chi connectivity index (χ3v) is 2.46. The molecule has 1 N–H and O–H groups in total. The van der Waals surface area contributed by atoms with E-state index in [1.54, 1.807) is 33.8 Å². The Bertz CT molecular complexity index is 434. The molecule has 0 spiro atoms. The largest absolute Gasteiger partial charge is 0.480 e. The van der Waals surface area contributed by atoms with Crippen molar-refractivity contribution in [1.29, 1.82) is 0 Å². The van der Waals surface area contributed by atoms with Crippen molar-refractivity contribution in [2.45, 2.75) is 33.7 Å². The van der Waals surface area contributed by atoms with Crippen LogP contribution in [0.3, 0.4) is 0 Å². The Hall–Kier alpha value is -1.78. The minimum atomic E-state index is -1.02. The van der Waals surface area contributed by atoms with Crippen molar-refractivity contribution in [1.82, 2.24) is 4.90 Å². The van der Waals surface area contributed by atoms with Gasteiger partial charge in [-0.3, -0.25) is 9.59 Å². The molecular weight excluding hydrogens is 222 g/mol. The number of nitrogens with zero attached hydrogens (tertiary/aromatic N) is 1. The van der Waals surface area contributed by atoms with Gasteiger partial charge in [-0.1, -0.05) is 0 Å². The average Bonchev–Trinajstić information content (AvgIpc) is 2.52. The molecule has 0 unspecified atom stereocenters. The molecule has 1 aromatic rings. The Labute approximate surface area is 100 Å². The van der Waals surface area contributed by atoms with Crippen molar-refractivity contribution >= 4 is 11.9 Å². The Morgan fingerprint density at radius 2 is 2.00 bits per heavy atom. The molecule has 0 aliphatic heterocycles. The lowest BCUT2D eigenvalue weighted by Crippen LogP contribution is -2.40. The van der Waals surface area contributed by atoms with E-state index in [-0.39, 0.29) is 18.5 Å². The van der Waals surface area contributed by atoms with Crippen molar-refractivity contribution in [3.05, 3.63) is 23.2 Å². The first kappa shape index (κ1) is 13.3. The number of amides is 1. The van der Waals surface area contributed by atoms with Gasteiger partial charge in [0.25, 0.3) is 5.91 Å².